The molecule has 2 rings (SSSR count). The second-order valence-electron chi connectivity index (χ2n) is 6.81. The van der Waals surface area contributed by atoms with Crippen LogP contribution in [0, 0.1) is 9.49 Å². The Morgan fingerprint density at radius 2 is 1.96 bits per heavy atom. The van der Waals surface area contributed by atoms with E-state index < -0.39 is 16.0 Å². The van der Waals surface area contributed by atoms with E-state index in [0.717, 1.165) is 41.2 Å². The Kier molecular flexibility index (Phi) is 8.98. The second kappa shape index (κ2) is 11.0. The lowest BCUT2D eigenvalue weighted by Gasteiger charge is -2.18. The van der Waals surface area contributed by atoms with Crippen molar-refractivity contribution in [3.63, 3.8) is 0 Å². The molecule has 2 N–H and O–H groups in total. The van der Waals surface area contributed by atoms with Crippen LogP contribution >= 0.6 is 22.6 Å². The van der Waals surface area contributed by atoms with Crippen molar-refractivity contribution in [2.45, 2.75) is 51.0 Å². The fraction of sp³-hybridized carbons (Fsp3) is 0.450. The zero-order valence-corrected chi connectivity index (χ0v) is 18.2. The van der Waals surface area contributed by atoms with Gasteiger partial charge < -0.3 is 5.11 Å². The van der Waals surface area contributed by atoms with Gasteiger partial charge in [-0.05, 0) is 84.4 Å². The summed E-state index contributed by atoms with van der Waals surface area (Å²) >= 11 is 2.21. The van der Waals surface area contributed by atoms with Gasteiger partial charge in [0.05, 0.1) is 0 Å². The Labute approximate surface area is 175 Å². The third-order valence-electron chi connectivity index (χ3n) is 4.65. The summed E-state index contributed by atoms with van der Waals surface area (Å²) in [6, 6.07) is 7.62. The van der Waals surface area contributed by atoms with E-state index in [1.165, 1.54) is 5.41 Å². The maximum absolute atomic E-state index is 12.4. The van der Waals surface area contributed by atoms with E-state index in [0.29, 0.717) is 12.3 Å². The Balaban J connectivity index is 1.84. The van der Waals surface area contributed by atoms with Crippen LogP contribution in [0.3, 0.4) is 0 Å². The number of hydrogen-bond acceptors (Lipinski definition) is 3. The normalized spacial score (nSPS) is 20.6. The van der Waals surface area contributed by atoms with Crippen molar-refractivity contribution in [3.8, 4) is 0 Å². The number of carboxylic acid groups (broad SMARTS) is 1. The molecule has 0 saturated heterocycles. The summed E-state index contributed by atoms with van der Waals surface area (Å²) in [7, 11) is -3.48. The quantitative estimate of drug-likeness (QED) is 0.279. The average Bonchev–Trinajstić information content (AvgIpc) is 3.03. The number of nitrogens with one attached hydrogen (secondary N) is 1. The molecule has 148 valence electrons. The SMILES string of the molecule is O=C(O)CCCC=CCC1CCCC1NS(=O)(=O)C=Cc1ccc(I)cc1. The predicted octanol–water partition coefficient (Wildman–Crippen LogP) is 4.55. The molecule has 0 aromatic heterocycles. The topological polar surface area (TPSA) is 83.5 Å². The van der Waals surface area contributed by atoms with Gasteiger partial charge in [-0.15, -0.1) is 0 Å². The van der Waals surface area contributed by atoms with Gasteiger partial charge in [0.2, 0.25) is 10.0 Å². The number of sulfonamides is 1. The first-order chi connectivity index (χ1) is 12.9. The minimum Gasteiger partial charge on any atom is -0.481 e. The van der Waals surface area contributed by atoms with Crippen molar-refractivity contribution in [1.29, 1.82) is 0 Å². The second-order valence-corrected chi connectivity index (χ2v) is 9.65. The van der Waals surface area contributed by atoms with Crippen LogP contribution in [-0.4, -0.2) is 25.5 Å². The van der Waals surface area contributed by atoms with Crippen molar-refractivity contribution in [1.82, 2.24) is 4.72 Å². The van der Waals surface area contributed by atoms with Gasteiger partial charge in [0.1, 0.15) is 0 Å². The predicted molar refractivity (Wildman–Crippen MR) is 117 cm³/mol. The van der Waals surface area contributed by atoms with E-state index in [2.05, 4.69) is 33.4 Å². The van der Waals surface area contributed by atoms with Gasteiger partial charge in [0.25, 0.3) is 0 Å². The van der Waals surface area contributed by atoms with Crippen LogP contribution in [0.15, 0.2) is 41.8 Å². The molecule has 2 atom stereocenters. The van der Waals surface area contributed by atoms with Crippen molar-refractivity contribution < 1.29 is 18.3 Å². The zero-order valence-electron chi connectivity index (χ0n) is 15.2. The maximum atomic E-state index is 12.4. The monoisotopic (exact) mass is 503 g/mol. The summed E-state index contributed by atoms with van der Waals surface area (Å²) in [6.07, 6.45) is 10.9. The Morgan fingerprint density at radius 3 is 2.67 bits per heavy atom. The minimum absolute atomic E-state index is 0.0416. The zero-order chi connectivity index (χ0) is 19.7. The summed E-state index contributed by atoms with van der Waals surface area (Å²) < 4.78 is 28.7. The molecule has 1 aromatic rings. The number of unbranched alkanes of at least 4 members (excludes halogenated alkanes) is 1. The number of carboxylic acids is 1. The molecular formula is C20H26INO4S. The van der Waals surface area contributed by atoms with Crippen LogP contribution in [0.25, 0.3) is 6.08 Å². The lowest BCUT2D eigenvalue weighted by atomic mass is 10.00. The van der Waals surface area contributed by atoms with Gasteiger partial charge in [-0.2, -0.15) is 0 Å². The molecule has 0 amide bonds. The molecule has 1 aromatic carbocycles. The maximum Gasteiger partial charge on any atom is 0.303 e. The summed E-state index contributed by atoms with van der Waals surface area (Å²) in [5.74, 6) is -0.478. The minimum atomic E-state index is -3.48. The van der Waals surface area contributed by atoms with Crippen LogP contribution in [0.5, 0.6) is 0 Å². The summed E-state index contributed by atoms with van der Waals surface area (Å²) in [4.78, 5) is 10.5. The highest BCUT2D eigenvalue weighted by atomic mass is 127. The third kappa shape index (κ3) is 8.57. The fourth-order valence-corrected chi connectivity index (χ4v) is 4.73. The van der Waals surface area contributed by atoms with Crippen molar-refractivity contribution in [2.75, 3.05) is 0 Å². The largest absolute Gasteiger partial charge is 0.481 e. The molecule has 7 heteroatoms. The summed E-state index contributed by atoms with van der Waals surface area (Å²) in [5, 5.41) is 9.86. The van der Waals surface area contributed by atoms with Gasteiger partial charge in [-0.1, -0.05) is 30.7 Å². The van der Waals surface area contributed by atoms with Gasteiger partial charge in [0.15, 0.2) is 0 Å². The number of halogens is 1. The van der Waals surface area contributed by atoms with Crippen LogP contribution in [0.2, 0.25) is 0 Å². The van der Waals surface area contributed by atoms with Gasteiger partial charge in [-0.25, -0.2) is 13.1 Å². The molecule has 0 spiro atoms. The van der Waals surface area contributed by atoms with Crippen LogP contribution in [0.1, 0.15) is 50.5 Å². The number of benzene rings is 1. The highest BCUT2D eigenvalue weighted by molar-refractivity contribution is 14.1. The summed E-state index contributed by atoms with van der Waals surface area (Å²) in [6.45, 7) is 0. The molecule has 0 radical (unpaired) electrons. The number of carbonyl (C=O) groups is 1. The standard InChI is InChI=1S/C20H26INO4S/c21-18-12-10-16(11-13-18)14-15-27(25,26)22-19-8-5-7-17(19)6-3-1-2-4-9-20(23)24/h1,3,10-15,17,19,22H,2,4-9H2,(H,23,24). The molecular weight excluding hydrogens is 477 g/mol. The Morgan fingerprint density at radius 1 is 1.22 bits per heavy atom. The van der Waals surface area contributed by atoms with E-state index in [1.54, 1.807) is 6.08 Å². The van der Waals surface area contributed by atoms with E-state index in [-0.39, 0.29) is 12.5 Å². The molecule has 1 aliphatic carbocycles. The molecule has 0 heterocycles. The summed E-state index contributed by atoms with van der Waals surface area (Å²) in [5.41, 5.74) is 0.855. The molecule has 27 heavy (non-hydrogen) atoms. The average molecular weight is 503 g/mol. The van der Waals surface area contributed by atoms with Crippen molar-refractivity contribution >= 4 is 44.7 Å². The highest BCUT2D eigenvalue weighted by Crippen LogP contribution is 2.29. The van der Waals surface area contributed by atoms with Crippen LogP contribution < -0.4 is 4.72 Å². The van der Waals surface area contributed by atoms with E-state index in [1.807, 2.05) is 30.3 Å². The fourth-order valence-electron chi connectivity index (χ4n) is 3.23. The van der Waals surface area contributed by atoms with Crippen molar-refractivity contribution in [2.24, 2.45) is 5.92 Å². The molecule has 1 fully saturated rings. The smallest absolute Gasteiger partial charge is 0.303 e. The first-order valence-corrected chi connectivity index (χ1v) is 11.8. The van der Waals surface area contributed by atoms with Gasteiger partial charge in [-0.3, -0.25) is 4.79 Å². The van der Waals surface area contributed by atoms with Crippen LogP contribution in [-0.2, 0) is 14.8 Å². The van der Waals surface area contributed by atoms with Crippen LogP contribution in [0.4, 0.5) is 0 Å². The Bertz CT molecular complexity index is 772. The van der Waals surface area contributed by atoms with Gasteiger partial charge >= 0.3 is 5.97 Å². The molecule has 1 aliphatic rings. The molecule has 0 bridgehead atoms. The number of rotatable bonds is 10. The first kappa shape index (κ1) is 22.1. The third-order valence-corrected chi connectivity index (χ3v) is 6.50. The van der Waals surface area contributed by atoms with E-state index in [9.17, 15) is 13.2 Å². The van der Waals surface area contributed by atoms with Crippen molar-refractivity contribution in [3.05, 3.63) is 51.0 Å². The molecule has 5 nitrogen and oxygen atoms in total. The number of hydrogen-bond donors (Lipinski definition) is 2. The Hall–Kier alpha value is -1.19. The molecule has 1 saturated carbocycles. The molecule has 0 aliphatic heterocycles. The number of allylic oxidation sites excluding steroid dienone is 2. The van der Waals surface area contributed by atoms with Gasteiger partial charge in [0, 0.05) is 21.4 Å². The van der Waals surface area contributed by atoms with E-state index >= 15 is 0 Å². The lowest BCUT2D eigenvalue weighted by Crippen LogP contribution is -2.36. The lowest BCUT2D eigenvalue weighted by molar-refractivity contribution is -0.137. The first-order valence-electron chi connectivity index (χ1n) is 9.18. The highest BCUT2D eigenvalue weighted by Gasteiger charge is 2.28. The van der Waals surface area contributed by atoms with E-state index in [4.69, 9.17) is 5.11 Å². The number of aliphatic carboxylic acids is 1. The molecule has 2 unspecified atom stereocenters.